The van der Waals surface area contributed by atoms with Crippen molar-refractivity contribution in [1.82, 2.24) is 4.90 Å². The normalized spacial score (nSPS) is 29.1. The number of carbonyl (C=O) groups is 1. The van der Waals surface area contributed by atoms with Gasteiger partial charge in [0.1, 0.15) is 0 Å². The van der Waals surface area contributed by atoms with Crippen LogP contribution in [0.15, 0.2) is 11.6 Å². The lowest BCUT2D eigenvalue weighted by molar-refractivity contribution is -0.136. The van der Waals surface area contributed by atoms with Crippen molar-refractivity contribution in [2.75, 3.05) is 26.3 Å². The molecule has 2 aliphatic rings. The molecule has 1 aliphatic heterocycles. The summed E-state index contributed by atoms with van der Waals surface area (Å²) in [4.78, 5) is 14.4. The number of hydrogen-bond donors (Lipinski definition) is 0. The summed E-state index contributed by atoms with van der Waals surface area (Å²) in [5, 5.41) is 9.03. The third-order valence-corrected chi connectivity index (χ3v) is 5.20. The summed E-state index contributed by atoms with van der Waals surface area (Å²) in [5.41, 5.74) is 1.29. The standard InChI is InChI=1S/C18H28N2O2/c1-13(2)17-11-16(14(3)10-15(17)4-5-19)12-18(21)20-6-8-22-9-7-20/h10,13,15-17H,4,6-9,11-12H2,1-3H3. The lowest BCUT2D eigenvalue weighted by atomic mass is 9.69. The maximum absolute atomic E-state index is 12.5. The van der Waals surface area contributed by atoms with Crippen molar-refractivity contribution in [3.05, 3.63) is 11.6 Å². The Morgan fingerprint density at radius 3 is 2.73 bits per heavy atom. The molecular formula is C18H28N2O2. The van der Waals surface area contributed by atoms with E-state index in [1.165, 1.54) is 5.57 Å². The molecule has 0 aromatic heterocycles. The van der Waals surface area contributed by atoms with Crippen molar-refractivity contribution in [1.29, 1.82) is 5.26 Å². The molecule has 1 amide bonds. The molecule has 1 aliphatic carbocycles. The Kier molecular flexibility index (Phi) is 6.02. The van der Waals surface area contributed by atoms with Crippen LogP contribution in [0.3, 0.4) is 0 Å². The van der Waals surface area contributed by atoms with Gasteiger partial charge in [-0.1, -0.05) is 25.5 Å². The van der Waals surface area contributed by atoms with E-state index in [0.29, 0.717) is 49.7 Å². The molecule has 1 heterocycles. The molecule has 4 heteroatoms. The van der Waals surface area contributed by atoms with Crippen molar-refractivity contribution in [3.8, 4) is 6.07 Å². The van der Waals surface area contributed by atoms with E-state index in [1.54, 1.807) is 0 Å². The van der Waals surface area contributed by atoms with E-state index in [9.17, 15) is 4.79 Å². The Hall–Kier alpha value is -1.34. The third-order valence-electron chi connectivity index (χ3n) is 5.20. The average Bonchev–Trinajstić information content (AvgIpc) is 2.50. The third kappa shape index (κ3) is 4.10. The van der Waals surface area contributed by atoms with Crippen LogP contribution in [0.4, 0.5) is 0 Å². The molecule has 0 aromatic carbocycles. The van der Waals surface area contributed by atoms with Gasteiger partial charge in [0.15, 0.2) is 0 Å². The van der Waals surface area contributed by atoms with Gasteiger partial charge in [0.05, 0.1) is 19.3 Å². The van der Waals surface area contributed by atoms with Crippen LogP contribution in [0.1, 0.15) is 40.0 Å². The molecule has 4 nitrogen and oxygen atoms in total. The summed E-state index contributed by atoms with van der Waals surface area (Å²) in [6, 6.07) is 2.32. The van der Waals surface area contributed by atoms with E-state index in [-0.39, 0.29) is 5.91 Å². The summed E-state index contributed by atoms with van der Waals surface area (Å²) >= 11 is 0. The Bertz CT molecular complexity index is 458. The molecule has 3 unspecified atom stereocenters. The van der Waals surface area contributed by atoms with Crippen LogP contribution in [0, 0.1) is 35.0 Å². The first-order valence-electron chi connectivity index (χ1n) is 8.43. The van der Waals surface area contributed by atoms with E-state index >= 15 is 0 Å². The number of carbonyl (C=O) groups excluding carboxylic acids is 1. The highest BCUT2D eigenvalue weighted by Gasteiger charge is 2.33. The minimum atomic E-state index is 0.252. The molecule has 0 spiro atoms. The van der Waals surface area contributed by atoms with Crippen LogP contribution in [0.25, 0.3) is 0 Å². The quantitative estimate of drug-likeness (QED) is 0.750. The van der Waals surface area contributed by atoms with Gasteiger partial charge in [-0.05, 0) is 37.0 Å². The van der Waals surface area contributed by atoms with E-state index < -0.39 is 0 Å². The van der Waals surface area contributed by atoms with Crippen LogP contribution < -0.4 is 0 Å². The van der Waals surface area contributed by atoms with Crippen LogP contribution in [-0.4, -0.2) is 37.1 Å². The maximum atomic E-state index is 12.5. The highest BCUT2D eigenvalue weighted by atomic mass is 16.5. The summed E-state index contributed by atoms with van der Waals surface area (Å²) < 4.78 is 5.31. The second-order valence-electron chi connectivity index (χ2n) is 6.97. The smallest absolute Gasteiger partial charge is 0.223 e. The first kappa shape index (κ1) is 17.0. The molecule has 0 radical (unpaired) electrons. The average molecular weight is 304 g/mol. The zero-order valence-corrected chi connectivity index (χ0v) is 14.0. The van der Waals surface area contributed by atoms with Gasteiger partial charge < -0.3 is 9.64 Å². The fraction of sp³-hybridized carbons (Fsp3) is 0.778. The number of nitriles is 1. The van der Waals surface area contributed by atoms with Crippen molar-refractivity contribution in [3.63, 3.8) is 0 Å². The minimum absolute atomic E-state index is 0.252. The Labute approximate surface area is 134 Å². The molecule has 1 fully saturated rings. The molecule has 3 atom stereocenters. The fourth-order valence-corrected chi connectivity index (χ4v) is 3.77. The topological polar surface area (TPSA) is 53.3 Å². The molecule has 0 saturated carbocycles. The zero-order chi connectivity index (χ0) is 16.1. The molecule has 0 N–H and O–H groups in total. The largest absolute Gasteiger partial charge is 0.378 e. The first-order valence-corrected chi connectivity index (χ1v) is 8.43. The summed E-state index contributed by atoms with van der Waals surface area (Å²) in [7, 11) is 0. The predicted molar refractivity (Wildman–Crippen MR) is 85.9 cm³/mol. The Morgan fingerprint density at radius 1 is 1.45 bits per heavy atom. The fourth-order valence-electron chi connectivity index (χ4n) is 3.77. The van der Waals surface area contributed by atoms with E-state index in [4.69, 9.17) is 10.00 Å². The van der Waals surface area contributed by atoms with Gasteiger partial charge >= 0.3 is 0 Å². The van der Waals surface area contributed by atoms with Crippen LogP contribution >= 0.6 is 0 Å². The second kappa shape index (κ2) is 7.78. The van der Waals surface area contributed by atoms with E-state index in [0.717, 1.165) is 19.5 Å². The number of amides is 1. The van der Waals surface area contributed by atoms with Gasteiger partial charge in [0, 0.05) is 25.9 Å². The van der Waals surface area contributed by atoms with E-state index in [1.807, 2.05) is 4.90 Å². The minimum Gasteiger partial charge on any atom is -0.378 e. The van der Waals surface area contributed by atoms with Crippen molar-refractivity contribution in [2.24, 2.45) is 23.7 Å². The van der Waals surface area contributed by atoms with Crippen LogP contribution in [0.5, 0.6) is 0 Å². The van der Waals surface area contributed by atoms with Crippen molar-refractivity contribution >= 4 is 5.91 Å². The zero-order valence-electron chi connectivity index (χ0n) is 14.0. The monoisotopic (exact) mass is 304 g/mol. The molecular weight excluding hydrogens is 276 g/mol. The van der Waals surface area contributed by atoms with Gasteiger partial charge in [0.25, 0.3) is 0 Å². The van der Waals surface area contributed by atoms with Gasteiger partial charge in [-0.25, -0.2) is 0 Å². The number of rotatable bonds is 4. The number of allylic oxidation sites excluding steroid dienone is 2. The van der Waals surface area contributed by atoms with Crippen molar-refractivity contribution in [2.45, 2.75) is 40.0 Å². The number of ether oxygens (including phenoxy) is 1. The number of nitrogens with zero attached hydrogens (tertiary/aromatic N) is 2. The molecule has 1 saturated heterocycles. The molecule has 0 aromatic rings. The molecule has 122 valence electrons. The summed E-state index contributed by atoms with van der Waals surface area (Å²) in [6.07, 6.45) is 4.48. The maximum Gasteiger partial charge on any atom is 0.223 e. The lowest BCUT2D eigenvalue weighted by Gasteiger charge is -2.37. The lowest BCUT2D eigenvalue weighted by Crippen LogP contribution is -2.42. The summed E-state index contributed by atoms with van der Waals surface area (Å²) in [5.74, 6) is 1.98. The SMILES string of the molecule is CC1=CC(CC#N)C(C(C)C)CC1CC(=O)N1CCOCC1. The molecule has 22 heavy (non-hydrogen) atoms. The molecule has 2 rings (SSSR count). The van der Waals surface area contributed by atoms with Crippen molar-refractivity contribution < 1.29 is 9.53 Å². The highest BCUT2D eigenvalue weighted by molar-refractivity contribution is 5.77. The van der Waals surface area contributed by atoms with Gasteiger partial charge in [-0.15, -0.1) is 0 Å². The number of hydrogen-bond acceptors (Lipinski definition) is 3. The Balaban J connectivity index is 2.02. The van der Waals surface area contributed by atoms with Gasteiger partial charge in [-0.3, -0.25) is 4.79 Å². The highest BCUT2D eigenvalue weighted by Crippen LogP contribution is 2.40. The first-order chi connectivity index (χ1) is 10.5. The van der Waals surface area contributed by atoms with Crippen LogP contribution in [0.2, 0.25) is 0 Å². The second-order valence-corrected chi connectivity index (χ2v) is 6.97. The summed E-state index contributed by atoms with van der Waals surface area (Å²) in [6.45, 7) is 9.33. The van der Waals surface area contributed by atoms with E-state index in [2.05, 4.69) is 32.9 Å². The number of morpholine rings is 1. The molecule has 0 bridgehead atoms. The Morgan fingerprint density at radius 2 is 2.14 bits per heavy atom. The van der Waals surface area contributed by atoms with Gasteiger partial charge in [-0.2, -0.15) is 5.26 Å². The van der Waals surface area contributed by atoms with Gasteiger partial charge in [0.2, 0.25) is 5.91 Å². The van der Waals surface area contributed by atoms with Crippen LogP contribution in [-0.2, 0) is 9.53 Å². The predicted octanol–water partition coefficient (Wildman–Crippen LogP) is 3.00.